The number of rotatable bonds is 4. The van der Waals surface area contributed by atoms with Crippen molar-refractivity contribution in [1.29, 1.82) is 0 Å². The van der Waals surface area contributed by atoms with Crippen LogP contribution in [0.5, 0.6) is 0 Å². The first kappa shape index (κ1) is 12.6. The van der Waals surface area contributed by atoms with Crippen LogP contribution in [0.2, 0.25) is 0 Å². The molecule has 0 fully saturated rings. The van der Waals surface area contributed by atoms with Crippen LogP contribution in [0.1, 0.15) is 15.9 Å². The van der Waals surface area contributed by atoms with E-state index in [1.54, 1.807) is 0 Å². The average molecular weight is 266 g/mol. The van der Waals surface area contributed by atoms with Gasteiger partial charge in [0.05, 0.1) is 12.1 Å². The molecule has 0 amide bonds. The van der Waals surface area contributed by atoms with E-state index in [0.29, 0.717) is 0 Å². The van der Waals surface area contributed by atoms with Gasteiger partial charge in [0.25, 0.3) is 0 Å². The van der Waals surface area contributed by atoms with Gasteiger partial charge in [0, 0.05) is 10.7 Å². The van der Waals surface area contributed by atoms with Gasteiger partial charge in [0.1, 0.15) is 5.82 Å². The Labute approximate surface area is 105 Å². The molecule has 0 bridgehead atoms. The van der Waals surface area contributed by atoms with Gasteiger partial charge in [-0.1, -0.05) is 4.98 Å². The molecule has 0 unspecified atom stereocenters. The maximum Gasteiger partial charge on any atom is 0.490 e. The molecule has 0 radical (unpaired) electrons. The van der Waals surface area contributed by atoms with Crippen LogP contribution in [-0.4, -0.2) is 30.8 Å². The summed E-state index contributed by atoms with van der Waals surface area (Å²) < 4.78 is 14.6. The van der Waals surface area contributed by atoms with Crippen LogP contribution in [0.3, 0.4) is 0 Å². The number of nitro groups is 1. The lowest BCUT2D eigenvalue weighted by molar-refractivity contribution is -0.394. The highest BCUT2D eigenvalue weighted by molar-refractivity contribution is 5.87. The number of hydrogen-bond acceptors (Lipinski definition) is 5. The van der Waals surface area contributed by atoms with E-state index in [-0.39, 0.29) is 17.7 Å². The maximum atomic E-state index is 13.5. The van der Waals surface area contributed by atoms with Crippen molar-refractivity contribution in [2.75, 3.05) is 0 Å². The van der Waals surface area contributed by atoms with Crippen LogP contribution in [0.15, 0.2) is 24.5 Å². The van der Waals surface area contributed by atoms with Crippen LogP contribution in [0.4, 0.5) is 10.3 Å². The van der Waals surface area contributed by atoms with Gasteiger partial charge in [-0.05, 0) is 23.1 Å². The summed E-state index contributed by atoms with van der Waals surface area (Å²) in [5.74, 6) is -2.41. The van der Waals surface area contributed by atoms with Gasteiger partial charge in [-0.3, -0.25) is 0 Å². The standard InChI is InChI=1S/C10H7FN4O4/c11-8-2-1-6(9(16)17)3-7(8)4-14-5-12-10(13-14)15(18)19/h1-3,5H,4H2,(H,16,17). The summed E-state index contributed by atoms with van der Waals surface area (Å²) >= 11 is 0. The molecule has 1 heterocycles. The van der Waals surface area contributed by atoms with E-state index in [9.17, 15) is 19.3 Å². The van der Waals surface area contributed by atoms with E-state index in [1.807, 2.05) is 0 Å². The fourth-order valence-electron chi connectivity index (χ4n) is 1.45. The van der Waals surface area contributed by atoms with Crippen molar-refractivity contribution >= 4 is 11.9 Å². The van der Waals surface area contributed by atoms with Gasteiger partial charge >= 0.3 is 11.9 Å². The fourth-order valence-corrected chi connectivity index (χ4v) is 1.45. The van der Waals surface area contributed by atoms with E-state index >= 15 is 0 Å². The second-order valence-corrected chi connectivity index (χ2v) is 3.61. The monoisotopic (exact) mass is 266 g/mol. The van der Waals surface area contributed by atoms with E-state index in [0.717, 1.165) is 29.2 Å². The Hall–Kier alpha value is -2.84. The average Bonchev–Trinajstić information content (AvgIpc) is 2.80. The zero-order valence-corrected chi connectivity index (χ0v) is 9.36. The van der Waals surface area contributed by atoms with Crippen LogP contribution < -0.4 is 0 Å². The lowest BCUT2D eigenvalue weighted by Crippen LogP contribution is -2.06. The summed E-state index contributed by atoms with van der Waals surface area (Å²) in [5.41, 5.74) is -0.0225. The van der Waals surface area contributed by atoms with Crippen molar-refractivity contribution in [1.82, 2.24) is 14.8 Å². The van der Waals surface area contributed by atoms with Crippen LogP contribution in [0.25, 0.3) is 0 Å². The van der Waals surface area contributed by atoms with E-state index in [4.69, 9.17) is 5.11 Å². The molecule has 0 spiro atoms. The topological polar surface area (TPSA) is 111 Å². The highest BCUT2D eigenvalue weighted by Gasteiger charge is 2.15. The molecule has 9 heteroatoms. The maximum absolute atomic E-state index is 13.5. The molecule has 0 saturated carbocycles. The minimum absolute atomic E-state index is 0.0553. The first-order chi connectivity index (χ1) is 8.97. The second kappa shape index (κ2) is 4.80. The zero-order valence-electron chi connectivity index (χ0n) is 9.36. The van der Waals surface area contributed by atoms with Gasteiger partial charge in [-0.15, -0.1) is 0 Å². The number of benzene rings is 1. The summed E-state index contributed by atoms with van der Waals surface area (Å²) in [7, 11) is 0. The number of hydrogen-bond donors (Lipinski definition) is 1. The predicted octanol–water partition coefficient (Wildman–Crippen LogP) is 1.07. The first-order valence-electron chi connectivity index (χ1n) is 5.03. The van der Waals surface area contributed by atoms with Crippen molar-refractivity contribution in [2.45, 2.75) is 6.54 Å². The summed E-state index contributed by atoms with van der Waals surface area (Å²) in [5, 5.41) is 22.7. The SMILES string of the molecule is O=C(O)c1ccc(F)c(Cn2cnc([N+](=O)[O-])n2)c1. The third kappa shape index (κ3) is 2.70. The molecule has 0 atom stereocenters. The van der Waals surface area contributed by atoms with Crippen molar-refractivity contribution < 1.29 is 19.2 Å². The Morgan fingerprint density at radius 1 is 1.53 bits per heavy atom. The number of carboxylic acid groups (broad SMARTS) is 1. The molecule has 8 nitrogen and oxygen atoms in total. The molecule has 0 aliphatic rings. The van der Waals surface area contributed by atoms with Crippen molar-refractivity contribution in [2.24, 2.45) is 0 Å². The van der Waals surface area contributed by atoms with E-state index in [2.05, 4.69) is 10.1 Å². The minimum Gasteiger partial charge on any atom is -0.478 e. The van der Waals surface area contributed by atoms with Crippen molar-refractivity contribution in [3.63, 3.8) is 0 Å². The quantitative estimate of drug-likeness (QED) is 0.654. The molecule has 2 aromatic rings. The molecular formula is C10H7FN4O4. The lowest BCUT2D eigenvalue weighted by atomic mass is 10.1. The molecular weight excluding hydrogens is 259 g/mol. The minimum atomic E-state index is -1.19. The number of aromatic carboxylic acids is 1. The Morgan fingerprint density at radius 2 is 2.26 bits per heavy atom. The fraction of sp³-hybridized carbons (Fsp3) is 0.100. The van der Waals surface area contributed by atoms with E-state index in [1.165, 1.54) is 0 Å². The molecule has 1 aromatic carbocycles. The molecule has 1 aromatic heterocycles. The molecule has 0 aliphatic heterocycles. The third-order valence-corrected chi connectivity index (χ3v) is 2.31. The van der Waals surface area contributed by atoms with Crippen molar-refractivity contribution in [3.05, 3.63) is 51.6 Å². The van der Waals surface area contributed by atoms with Gasteiger partial charge in [0.2, 0.25) is 6.33 Å². The smallest absolute Gasteiger partial charge is 0.478 e. The Kier molecular flexibility index (Phi) is 3.19. The molecule has 0 saturated heterocycles. The first-order valence-corrected chi connectivity index (χ1v) is 5.03. The predicted molar refractivity (Wildman–Crippen MR) is 59.1 cm³/mol. The number of halogens is 1. The normalized spacial score (nSPS) is 10.4. The van der Waals surface area contributed by atoms with Crippen LogP contribution in [-0.2, 0) is 6.54 Å². The molecule has 2 rings (SSSR count). The van der Waals surface area contributed by atoms with Crippen LogP contribution >= 0.6 is 0 Å². The number of carboxylic acids is 1. The van der Waals surface area contributed by atoms with Gasteiger partial charge < -0.3 is 15.2 Å². The summed E-state index contributed by atoms with van der Waals surface area (Å²) in [6.45, 7) is -0.145. The summed E-state index contributed by atoms with van der Waals surface area (Å²) in [6.07, 6.45) is 1.07. The molecule has 98 valence electrons. The summed E-state index contributed by atoms with van der Waals surface area (Å²) in [6, 6.07) is 3.29. The van der Waals surface area contributed by atoms with E-state index < -0.39 is 22.7 Å². The Bertz CT molecular complexity index is 655. The zero-order chi connectivity index (χ0) is 14.0. The second-order valence-electron chi connectivity index (χ2n) is 3.61. The highest BCUT2D eigenvalue weighted by Crippen LogP contribution is 2.12. The Morgan fingerprint density at radius 3 is 2.84 bits per heavy atom. The number of carbonyl (C=O) groups is 1. The molecule has 19 heavy (non-hydrogen) atoms. The largest absolute Gasteiger partial charge is 0.490 e. The van der Waals surface area contributed by atoms with Gasteiger partial charge in [-0.25, -0.2) is 9.18 Å². The van der Waals surface area contributed by atoms with Gasteiger partial charge in [-0.2, -0.15) is 4.68 Å². The lowest BCUT2D eigenvalue weighted by Gasteiger charge is -2.02. The highest BCUT2D eigenvalue weighted by atomic mass is 19.1. The number of aromatic nitrogens is 3. The number of nitrogens with zero attached hydrogens (tertiary/aromatic N) is 4. The van der Waals surface area contributed by atoms with Gasteiger partial charge in [0.15, 0.2) is 0 Å². The summed E-state index contributed by atoms with van der Waals surface area (Å²) in [4.78, 5) is 23.8. The van der Waals surface area contributed by atoms with Crippen molar-refractivity contribution in [3.8, 4) is 0 Å². The Balaban J connectivity index is 2.29. The molecule has 1 N–H and O–H groups in total. The third-order valence-electron chi connectivity index (χ3n) is 2.31. The van der Waals surface area contributed by atoms with Crippen LogP contribution in [0, 0.1) is 15.9 Å². The molecule has 0 aliphatic carbocycles.